The van der Waals surface area contributed by atoms with Crippen LogP contribution in [0.4, 0.5) is 11.4 Å². The van der Waals surface area contributed by atoms with Crippen LogP contribution in [0.25, 0.3) is 0 Å². The van der Waals surface area contributed by atoms with E-state index in [4.69, 9.17) is 10.5 Å². The molecule has 5 heteroatoms. The van der Waals surface area contributed by atoms with Gasteiger partial charge in [-0.05, 0) is 25.1 Å². The van der Waals surface area contributed by atoms with Gasteiger partial charge in [-0.25, -0.2) is 0 Å². The number of anilines is 2. The van der Waals surface area contributed by atoms with E-state index in [9.17, 15) is 4.79 Å². The van der Waals surface area contributed by atoms with Crippen LogP contribution in [-0.4, -0.2) is 17.2 Å². The normalized spacial score (nSPS) is 11.4. The van der Waals surface area contributed by atoms with Crippen molar-refractivity contribution in [2.45, 2.75) is 19.9 Å². The number of rotatable bonds is 3. The van der Waals surface area contributed by atoms with Crippen molar-refractivity contribution in [3.05, 3.63) is 24.3 Å². The van der Waals surface area contributed by atoms with Crippen molar-refractivity contribution in [3.63, 3.8) is 0 Å². The molecule has 0 radical (unpaired) electrons. The summed E-state index contributed by atoms with van der Waals surface area (Å²) in [7, 11) is 0. The summed E-state index contributed by atoms with van der Waals surface area (Å²) in [5, 5.41) is 17.6. The first-order chi connectivity index (χ1) is 7.60. The molecule has 84 valence electrons. The topological polar surface area (TPSA) is 76.4 Å². The fourth-order valence-electron chi connectivity index (χ4n) is 1.46. The third kappa shape index (κ3) is 2.49. The minimum atomic E-state index is -0.550. The summed E-state index contributed by atoms with van der Waals surface area (Å²) in [5.41, 5.74) is 3.03. The molecule has 0 bridgehead atoms. The largest absolute Gasteiger partial charge is 0.296 e. The molecule has 0 spiro atoms. The first-order valence-electron chi connectivity index (χ1n) is 4.79. The highest BCUT2D eigenvalue weighted by Gasteiger charge is 2.18. The molecule has 0 aromatic heterocycles. The number of carbonyl (C=O) groups excluding carboxylic acids is 1. The van der Waals surface area contributed by atoms with Crippen LogP contribution in [0.1, 0.15) is 13.8 Å². The van der Waals surface area contributed by atoms with Crippen LogP contribution in [0.3, 0.4) is 0 Å². The maximum absolute atomic E-state index is 11.4. The lowest BCUT2D eigenvalue weighted by Crippen LogP contribution is -2.36. The fraction of sp³-hybridized carbons (Fsp3) is 0.273. The van der Waals surface area contributed by atoms with Crippen LogP contribution in [0.2, 0.25) is 0 Å². The molecule has 1 amide bonds. The Balaban J connectivity index is 3.11. The van der Waals surface area contributed by atoms with Crippen molar-refractivity contribution in [1.29, 1.82) is 5.26 Å². The monoisotopic (exact) mass is 219 g/mol. The molecule has 0 fully saturated rings. The van der Waals surface area contributed by atoms with Crippen LogP contribution >= 0.6 is 0 Å². The van der Waals surface area contributed by atoms with Crippen molar-refractivity contribution in [2.24, 2.45) is 0 Å². The van der Waals surface area contributed by atoms with E-state index in [-0.39, 0.29) is 5.91 Å². The molecule has 5 nitrogen and oxygen atoms in total. The number of benzene rings is 1. The van der Waals surface area contributed by atoms with Crippen molar-refractivity contribution in [2.75, 3.05) is 10.4 Å². The van der Waals surface area contributed by atoms with E-state index >= 15 is 0 Å². The van der Waals surface area contributed by atoms with E-state index in [1.807, 2.05) is 11.5 Å². The van der Waals surface area contributed by atoms with Gasteiger partial charge in [-0.3, -0.25) is 20.4 Å². The standard InChI is InChI=1S/C11H13N3O2/c1-8(7-12)14(9(2)15)11-5-3-4-10(6-11)13-16/h3-6,8,13,16H,1-2H3. The van der Waals surface area contributed by atoms with Crippen molar-refractivity contribution >= 4 is 17.3 Å². The van der Waals surface area contributed by atoms with E-state index in [0.29, 0.717) is 11.4 Å². The van der Waals surface area contributed by atoms with E-state index in [1.165, 1.54) is 11.8 Å². The summed E-state index contributed by atoms with van der Waals surface area (Å²) >= 11 is 0. The molecule has 1 atom stereocenters. The predicted octanol–water partition coefficient (Wildman–Crippen LogP) is 1.75. The van der Waals surface area contributed by atoms with E-state index < -0.39 is 6.04 Å². The van der Waals surface area contributed by atoms with Gasteiger partial charge in [-0.1, -0.05) is 6.07 Å². The number of hydrogen-bond acceptors (Lipinski definition) is 4. The predicted molar refractivity (Wildman–Crippen MR) is 60.1 cm³/mol. The van der Waals surface area contributed by atoms with Gasteiger partial charge in [0.1, 0.15) is 6.04 Å². The lowest BCUT2D eigenvalue weighted by molar-refractivity contribution is -0.116. The Kier molecular flexibility index (Phi) is 3.86. The van der Waals surface area contributed by atoms with Crippen molar-refractivity contribution in [3.8, 4) is 6.07 Å². The molecule has 1 aromatic carbocycles. The first kappa shape index (κ1) is 12.0. The Hall–Kier alpha value is -2.06. The van der Waals surface area contributed by atoms with Gasteiger partial charge in [0.05, 0.1) is 11.8 Å². The second-order valence-electron chi connectivity index (χ2n) is 3.36. The summed E-state index contributed by atoms with van der Waals surface area (Å²) in [6.07, 6.45) is 0. The molecule has 2 N–H and O–H groups in total. The lowest BCUT2D eigenvalue weighted by atomic mass is 10.2. The van der Waals surface area contributed by atoms with Gasteiger partial charge in [-0.2, -0.15) is 5.26 Å². The highest BCUT2D eigenvalue weighted by molar-refractivity contribution is 5.93. The van der Waals surface area contributed by atoms with Crippen LogP contribution in [0.15, 0.2) is 24.3 Å². The summed E-state index contributed by atoms with van der Waals surface area (Å²) in [6, 6.07) is 8.09. The number of nitriles is 1. The zero-order valence-electron chi connectivity index (χ0n) is 9.14. The second kappa shape index (κ2) is 5.14. The molecule has 1 aromatic rings. The SMILES string of the molecule is CC(=O)N(c1cccc(NO)c1)C(C)C#N. The Bertz CT molecular complexity index is 425. The van der Waals surface area contributed by atoms with Crippen LogP contribution in [0, 0.1) is 11.3 Å². The summed E-state index contributed by atoms with van der Waals surface area (Å²) < 4.78 is 0. The Labute approximate surface area is 93.9 Å². The van der Waals surface area contributed by atoms with Gasteiger partial charge in [-0.15, -0.1) is 0 Å². The average molecular weight is 219 g/mol. The Morgan fingerprint density at radius 3 is 2.81 bits per heavy atom. The molecule has 1 unspecified atom stereocenters. The van der Waals surface area contributed by atoms with Crippen LogP contribution in [0.5, 0.6) is 0 Å². The third-order valence-electron chi connectivity index (χ3n) is 2.17. The molecule has 16 heavy (non-hydrogen) atoms. The summed E-state index contributed by atoms with van der Waals surface area (Å²) in [4.78, 5) is 12.8. The number of amides is 1. The van der Waals surface area contributed by atoms with Gasteiger partial charge in [0.15, 0.2) is 0 Å². The molecule has 0 aliphatic carbocycles. The van der Waals surface area contributed by atoms with Crippen LogP contribution < -0.4 is 10.4 Å². The zero-order chi connectivity index (χ0) is 12.1. The Morgan fingerprint density at radius 2 is 2.31 bits per heavy atom. The molecule has 0 aliphatic rings. The second-order valence-corrected chi connectivity index (χ2v) is 3.36. The molecular formula is C11H13N3O2. The fourth-order valence-corrected chi connectivity index (χ4v) is 1.46. The van der Waals surface area contributed by atoms with Gasteiger partial charge in [0.25, 0.3) is 0 Å². The smallest absolute Gasteiger partial charge is 0.224 e. The minimum Gasteiger partial charge on any atom is -0.296 e. The van der Waals surface area contributed by atoms with Crippen molar-refractivity contribution < 1.29 is 10.0 Å². The molecular weight excluding hydrogens is 206 g/mol. The highest BCUT2D eigenvalue weighted by atomic mass is 16.5. The summed E-state index contributed by atoms with van der Waals surface area (Å²) in [6.45, 7) is 3.04. The number of hydrogen-bond donors (Lipinski definition) is 2. The third-order valence-corrected chi connectivity index (χ3v) is 2.17. The molecule has 0 saturated heterocycles. The van der Waals surface area contributed by atoms with Crippen molar-refractivity contribution in [1.82, 2.24) is 0 Å². The first-order valence-corrected chi connectivity index (χ1v) is 4.79. The minimum absolute atomic E-state index is 0.218. The highest BCUT2D eigenvalue weighted by Crippen LogP contribution is 2.21. The van der Waals surface area contributed by atoms with Crippen LogP contribution in [-0.2, 0) is 4.79 Å². The van der Waals surface area contributed by atoms with E-state index in [1.54, 1.807) is 31.2 Å². The molecule has 0 heterocycles. The van der Waals surface area contributed by atoms with Gasteiger partial charge in [0, 0.05) is 12.6 Å². The quantitative estimate of drug-likeness (QED) is 0.759. The zero-order valence-corrected chi connectivity index (χ0v) is 9.14. The van der Waals surface area contributed by atoms with Gasteiger partial charge < -0.3 is 0 Å². The van der Waals surface area contributed by atoms with E-state index in [0.717, 1.165) is 0 Å². The molecule has 0 saturated carbocycles. The summed E-state index contributed by atoms with van der Waals surface area (Å²) in [5.74, 6) is -0.218. The average Bonchev–Trinajstić information content (AvgIpc) is 2.29. The molecule has 0 aliphatic heterocycles. The lowest BCUT2D eigenvalue weighted by Gasteiger charge is -2.23. The van der Waals surface area contributed by atoms with E-state index in [2.05, 4.69) is 0 Å². The van der Waals surface area contributed by atoms with Gasteiger partial charge >= 0.3 is 0 Å². The maximum Gasteiger partial charge on any atom is 0.224 e. The number of nitrogens with one attached hydrogen (secondary N) is 1. The number of nitrogens with zero attached hydrogens (tertiary/aromatic N) is 2. The number of carbonyl (C=O) groups is 1. The molecule has 1 rings (SSSR count). The maximum atomic E-state index is 11.4. The Morgan fingerprint density at radius 1 is 1.62 bits per heavy atom. The van der Waals surface area contributed by atoms with Gasteiger partial charge in [0.2, 0.25) is 5.91 Å².